The summed E-state index contributed by atoms with van der Waals surface area (Å²) in [6.07, 6.45) is 1.18. The zero-order valence-electron chi connectivity index (χ0n) is 10.5. The van der Waals surface area contributed by atoms with Crippen molar-refractivity contribution in [3.8, 4) is 0 Å². The lowest BCUT2D eigenvalue weighted by molar-refractivity contribution is 0.375. The molecule has 0 aliphatic heterocycles. The minimum atomic E-state index is 0.413. The first kappa shape index (κ1) is 12.2. The number of nitrogens with zero attached hydrogens (tertiary/aromatic N) is 2. The van der Waals surface area contributed by atoms with Gasteiger partial charge in [-0.25, -0.2) is 0 Å². The van der Waals surface area contributed by atoms with Gasteiger partial charge in [-0.2, -0.15) is 5.10 Å². The number of rotatable bonds is 5. The third-order valence-corrected chi connectivity index (χ3v) is 3.08. The van der Waals surface area contributed by atoms with Crippen LogP contribution in [0.3, 0.4) is 0 Å². The van der Waals surface area contributed by atoms with Crippen molar-refractivity contribution >= 4 is 0 Å². The zero-order valence-corrected chi connectivity index (χ0v) is 10.5. The van der Waals surface area contributed by atoms with E-state index in [-0.39, 0.29) is 0 Å². The van der Waals surface area contributed by atoms with Crippen LogP contribution in [0.25, 0.3) is 0 Å². The van der Waals surface area contributed by atoms with E-state index in [1.165, 1.54) is 12.1 Å². The summed E-state index contributed by atoms with van der Waals surface area (Å²) in [5.41, 5.74) is 2.42. The summed E-state index contributed by atoms with van der Waals surface area (Å²) in [5, 5.41) is 7.89. The maximum atomic E-state index is 4.49. The predicted octanol–water partition coefficient (Wildman–Crippen LogP) is 2.52. The number of aryl methyl sites for hydroxylation is 2. The van der Waals surface area contributed by atoms with Gasteiger partial charge in [0, 0.05) is 6.54 Å². The number of hydrogen-bond acceptors (Lipinski definition) is 2. The van der Waals surface area contributed by atoms with Crippen LogP contribution in [-0.2, 0) is 6.54 Å². The molecule has 15 heavy (non-hydrogen) atoms. The number of hydrogen-bond donors (Lipinski definition) is 1. The lowest BCUT2D eigenvalue weighted by atomic mass is 9.96. The van der Waals surface area contributed by atoms with Crippen molar-refractivity contribution in [1.29, 1.82) is 0 Å². The van der Waals surface area contributed by atoms with E-state index in [1.54, 1.807) is 0 Å². The first-order valence-corrected chi connectivity index (χ1v) is 5.85. The molecule has 0 amide bonds. The first-order valence-electron chi connectivity index (χ1n) is 5.85. The van der Waals surface area contributed by atoms with E-state index in [9.17, 15) is 0 Å². The van der Waals surface area contributed by atoms with E-state index in [0.29, 0.717) is 12.0 Å². The molecule has 1 aromatic heterocycles. The molecule has 0 bridgehead atoms. The molecule has 1 rings (SSSR count). The fourth-order valence-electron chi connectivity index (χ4n) is 2.03. The molecule has 2 unspecified atom stereocenters. The van der Waals surface area contributed by atoms with Crippen molar-refractivity contribution in [2.24, 2.45) is 5.92 Å². The van der Waals surface area contributed by atoms with Crippen LogP contribution in [0.1, 0.15) is 44.6 Å². The van der Waals surface area contributed by atoms with E-state index >= 15 is 0 Å². The van der Waals surface area contributed by atoms with Gasteiger partial charge >= 0.3 is 0 Å². The quantitative estimate of drug-likeness (QED) is 0.807. The van der Waals surface area contributed by atoms with Crippen molar-refractivity contribution in [2.75, 3.05) is 7.05 Å². The van der Waals surface area contributed by atoms with Crippen LogP contribution < -0.4 is 5.32 Å². The van der Waals surface area contributed by atoms with E-state index in [1.807, 2.05) is 7.05 Å². The molecule has 0 radical (unpaired) electrons. The standard InChI is InChI=1S/C12H23N3/c1-6-9(3)12(13-5)11-8-10(4)14-15(11)7-2/h8-9,12-13H,6-7H2,1-5H3. The molecule has 0 saturated heterocycles. The summed E-state index contributed by atoms with van der Waals surface area (Å²) >= 11 is 0. The summed E-state index contributed by atoms with van der Waals surface area (Å²) in [7, 11) is 2.03. The topological polar surface area (TPSA) is 29.9 Å². The predicted molar refractivity (Wildman–Crippen MR) is 63.9 cm³/mol. The smallest absolute Gasteiger partial charge is 0.0597 e. The van der Waals surface area contributed by atoms with Gasteiger partial charge in [0.15, 0.2) is 0 Å². The van der Waals surface area contributed by atoms with Crippen LogP contribution in [0, 0.1) is 12.8 Å². The first-order chi connectivity index (χ1) is 7.13. The Labute approximate surface area is 92.9 Å². The average molecular weight is 209 g/mol. The minimum absolute atomic E-state index is 0.413. The molecular weight excluding hydrogens is 186 g/mol. The third kappa shape index (κ3) is 2.59. The summed E-state index contributed by atoms with van der Waals surface area (Å²) in [6.45, 7) is 9.65. The van der Waals surface area contributed by atoms with Gasteiger partial charge < -0.3 is 5.32 Å². The lowest BCUT2D eigenvalue weighted by Crippen LogP contribution is -2.25. The summed E-state index contributed by atoms with van der Waals surface area (Å²) in [5.74, 6) is 0.636. The molecule has 2 atom stereocenters. The highest BCUT2D eigenvalue weighted by molar-refractivity contribution is 5.14. The van der Waals surface area contributed by atoms with Gasteiger partial charge in [0.2, 0.25) is 0 Å². The molecule has 86 valence electrons. The maximum Gasteiger partial charge on any atom is 0.0597 e. The van der Waals surface area contributed by atoms with Crippen LogP contribution in [0.4, 0.5) is 0 Å². The Morgan fingerprint density at radius 1 is 1.47 bits per heavy atom. The van der Waals surface area contributed by atoms with Gasteiger partial charge in [-0.1, -0.05) is 20.3 Å². The zero-order chi connectivity index (χ0) is 11.4. The molecule has 1 heterocycles. The second kappa shape index (κ2) is 5.31. The van der Waals surface area contributed by atoms with Gasteiger partial charge in [-0.15, -0.1) is 0 Å². The molecule has 0 spiro atoms. The second-order valence-electron chi connectivity index (χ2n) is 4.18. The fraction of sp³-hybridized carbons (Fsp3) is 0.750. The Bertz CT molecular complexity index is 304. The van der Waals surface area contributed by atoms with Crippen LogP contribution in [0.2, 0.25) is 0 Å². The Kier molecular flexibility index (Phi) is 4.33. The number of aromatic nitrogens is 2. The van der Waals surface area contributed by atoms with Gasteiger partial charge in [0.25, 0.3) is 0 Å². The van der Waals surface area contributed by atoms with Crippen LogP contribution >= 0.6 is 0 Å². The van der Waals surface area contributed by atoms with Crippen molar-refractivity contribution in [2.45, 2.75) is 46.7 Å². The summed E-state index contributed by atoms with van der Waals surface area (Å²) < 4.78 is 2.10. The SMILES string of the molecule is CCC(C)C(NC)c1cc(C)nn1CC. The monoisotopic (exact) mass is 209 g/mol. The van der Waals surface area contributed by atoms with E-state index in [0.717, 1.165) is 12.2 Å². The molecule has 0 aromatic carbocycles. The molecule has 0 aliphatic carbocycles. The molecule has 3 nitrogen and oxygen atoms in total. The fourth-order valence-corrected chi connectivity index (χ4v) is 2.03. The highest BCUT2D eigenvalue weighted by atomic mass is 15.3. The Hall–Kier alpha value is -0.830. The second-order valence-corrected chi connectivity index (χ2v) is 4.18. The Balaban J connectivity index is 2.99. The maximum absolute atomic E-state index is 4.49. The van der Waals surface area contributed by atoms with E-state index < -0.39 is 0 Å². The van der Waals surface area contributed by atoms with Crippen molar-refractivity contribution in [3.63, 3.8) is 0 Å². The highest BCUT2D eigenvalue weighted by Crippen LogP contribution is 2.24. The molecule has 3 heteroatoms. The van der Waals surface area contributed by atoms with Gasteiger partial charge in [0.1, 0.15) is 0 Å². The molecule has 0 fully saturated rings. The van der Waals surface area contributed by atoms with Crippen molar-refractivity contribution in [3.05, 3.63) is 17.5 Å². The van der Waals surface area contributed by atoms with Gasteiger partial charge in [-0.05, 0) is 32.9 Å². The van der Waals surface area contributed by atoms with E-state index in [4.69, 9.17) is 0 Å². The normalized spacial score (nSPS) is 15.3. The lowest BCUT2D eigenvalue weighted by Gasteiger charge is -2.23. The molecule has 1 aromatic rings. The number of nitrogens with one attached hydrogen (secondary N) is 1. The average Bonchev–Trinajstić information content (AvgIpc) is 2.60. The van der Waals surface area contributed by atoms with Crippen LogP contribution in [-0.4, -0.2) is 16.8 Å². The Morgan fingerprint density at radius 3 is 2.60 bits per heavy atom. The van der Waals surface area contributed by atoms with Crippen molar-refractivity contribution < 1.29 is 0 Å². The van der Waals surface area contributed by atoms with Crippen molar-refractivity contribution in [1.82, 2.24) is 15.1 Å². The van der Waals surface area contributed by atoms with Crippen LogP contribution in [0.15, 0.2) is 6.07 Å². The molecular formula is C12H23N3. The van der Waals surface area contributed by atoms with E-state index in [2.05, 4.69) is 48.9 Å². The molecule has 0 aliphatic rings. The Morgan fingerprint density at radius 2 is 2.13 bits per heavy atom. The third-order valence-electron chi connectivity index (χ3n) is 3.08. The summed E-state index contributed by atoms with van der Waals surface area (Å²) in [4.78, 5) is 0. The summed E-state index contributed by atoms with van der Waals surface area (Å²) in [6, 6.07) is 2.60. The van der Waals surface area contributed by atoms with Gasteiger partial charge in [0.05, 0.1) is 17.4 Å². The largest absolute Gasteiger partial charge is 0.311 e. The van der Waals surface area contributed by atoms with Crippen LogP contribution in [0.5, 0.6) is 0 Å². The minimum Gasteiger partial charge on any atom is -0.311 e. The van der Waals surface area contributed by atoms with Gasteiger partial charge in [-0.3, -0.25) is 4.68 Å². The molecule has 1 N–H and O–H groups in total. The molecule has 0 saturated carbocycles. The highest BCUT2D eigenvalue weighted by Gasteiger charge is 2.20.